The van der Waals surface area contributed by atoms with Gasteiger partial charge in [-0.25, -0.2) is 8.42 Å². The molecule has 0 aliphatic heterocycles. The number of anilines is 1. The maximum atomic E-state index is 13.4. The maximum absolute atomic E-state index is 13.4. The molecule has 0 saturated carbocycles. The van der Waals surface area contributed by atoms with Crippen LogP contribution in [0.2, 0.25) is 5.02 Å². The molecule has 0 heterocycles. The molecule has 1 atom stereocenters. The molecule has 33 heavy (non-hydrogen) atoms. The highest BCUT2D eigenvalue weighted by Crippen LogP contribution is 2.23. The number of amides is 2. The third-order valence-corrected chi connectivity index (χ3v) is 6.74. The van der Waals surface area contributed by atoms with E-state index in [1.54, 1.807) is 25.1 Å². The van der Waals surface area contributed by atoms with Crippen LogP contribution in [0.25, 0.3) is 0 Å². The number of carbonyl (C=O) groups is 2. The van der Waals surface area contributed by atoms with Crippen LogP contribution in [0.3, 0.4) is 0 Å². The zero-order valence-electron chi connectivity index (χ0n) is 19.1. The zero-order valence-corrected chi connectivity index (χ0v) is 22.2. The largest absolute Gasteiger partial charge is 0.354 e. The summed E-state index contributed by atoms with van der Waals surface area (Å²) in [7, 11) is -3.79. The summed E-state index contributed by atoms with van der Waals surface area (Å²) < 4.78 is 26.9. The van der Waals surface area contributed by atoms with Gasteiger partial charge in [-0.05, 0) is 48.7 Å². The number of carbonyl (C=O) groups excluding carboxylic acids is 2. The summed E-state index contributed by atoms with van der Waals surface area (Å²) in [6.45, 7) is 5.74. The quantitative estimate of drug-likeness (QED) is 0.477. The van der Waals surface area contributed by atoms with E-state index in [9.17, 15) is 18.0 Å². The molecule has 0 aliphatic carbocycles. The number of halogens is 2. The van der Waals surface area contributed by atoms with E-state index in [4.69, 9.17) is 11.6 Å². The minimum Gasteiger partial charge on any atom is -0.354 e. The van der Waals surface area contributed by atoms with Gasteiger partial charge in [0.15, 0.2) is 0 Å². The molecular formula is C23H29BrClN3O4S. The van der Waals surface area contributed by atoms with E-state index < -0.39 is 28.5 Å². The number of rotatable bonds is 10. The van der Waals surface area contributed by atoms with Crippen LogP contribution in [0, 0.1) is 5.92 Å². The Bertz CT molecular complexity index is 1090. The first-order chi connectivity index (χ1) is 15.4. The Morgan fingerprint density at radius 2 is 1.76 bits per heavy atom. The molecule has 0 radical (unpaired) electrons. The summed E-state index contributed by atoms with van der Waals surface area (Å²) in [5, 5.41) is 3.19. The molecule has 0 spiro atoms. The van der Waals surface area contributed by atoms with Gasteiger partial charge in [0.25, 0.3) is 0 Å². The summed E-state index contributed by atoms with van der Waals surface area (Å²) in [4.78, 5) is 27.6. The second-order valence-corrected chi connectivity index (χ2v) is 11.5. The second-order valence-electron chi connectivity index (χ2n) is 8.22. The molecule has 0 aromatic heterocycles. The molecule has 10 heteroatoms. The summed E-state index contributed by atoms with van der Waals surface area (Å²) in [5.41, 5.74) is 1.08. The van der Waals surface area contributed by atoms with E-state index in [-0.39, 0.29) is 24.1 Å². The lowest BCUT2D eigenvalue weighted by Crippen LogP contribution is -2.51. The van der Waals surface area contributed by atoms with Crippen LogP contribution in [-0.2, 0) is 26.2 Å². The van der Waals surface area contributed by atoms with Crippen LogP contribution in [-0.4, -0.2) is 50.5 Å². The second kappa shape index (κ2) is 11.9. The number of hydrogen-bond acceptors (Lipinski definition) is 4. The molecule has 1 unspecified atom stereocenters. The molecular weight excluding hydrogens is 530 g/mol. The minimum atomic E-state index is -3.79. The van der Waals surface area contributed by atoms with Gasteiger partial charge >= 0.3 is 0 Å². The van der Waals surface area contributed by atoms with Gasteiger partial charge in [0.2, 0.25) is 21.8 Å². The van der Waals surface area contributed by atoms with E-state index in [0.29, 0.717) is 11.6 Å². The van der Waals surface area contributed by atoms with E-state index in [1.807, 2.05) is 38.1 Å². The van der Waals surface area contributed by atoms with E-state index in [2.05, 4.69) is 21.2 Å². The minimum absolute atomic E-state index is 0.141. The fourth-order valence-electron chi connectivity index (χ4n) is 3.11. The van der Waals surface area contributed by atoms with Gasteiger partial charge in [-0.3, -0.25) is 13.9 Å². The van der Waals surface area contributed by atoms with Gasteiger partial charge in [-0.1, -0.05) is 59.6 Å². The summed E-state index contributed by atoms with van der Waals surface area (Å²) in [5.74, 6) is -0.563. The van der Waals surface area contributed by atoms with Crippen molar-refractivity contribution in [3.05, 3.63) is 63.6 Å². The van der Waals surface area contributed by atoms with Crippen LogP contribution in [0.4, 0.5) is 5.69 Å². The summed E-state index contributed by atoms with van der Waals surface area (Å²) in [6.07, 6.45) is 1.03. The van der Waals surface area contributed by atoms with E-state index in [0.717, 1.165) is 20.6 Å². The van der Waals surface area contributed by atoms with Crippen molar-refractivity contribution in [3.63, 3.8) is 0 Å². The molecule has 180 valence electrons. The van der Waals surface area contributed by atoms with Crippen molar-refractivity contribution in [3.8, 4) is 0 Å². The molecule has 2 aromatic rings. The SMILES string of the molecule is CC(C)CNC(=O)C(C)N(Cc1cccc(Br)c1)C(=O)CN(c1cccc(Cl)c1)S(C)(=O)=O. The molecule has 0 fully saturated rings. The third-order valence-electron chi connectivity index (χ3n) is 4.87. The van der Waals surface area contributed by atoms with Crippen molar-refractivity contribution in [2.24, 2.45) is 5.92 Å². The molecule has 1 N–H and O–H groups in total. The third kappa shape index (κ3) is 8.32. The van der Waals surface area contributed by atoms with Crippen LogP contribution < -0.4 is 9.62 Å². The highest BCUT2D eigenvalue weighted by atomic mass is 79.9. The Kier molecular flexibility index (Phi) is 9.75. The van der Waals surface area contributed by atoms with Crippen molar-refractivity contribution in [2.45, 2.75) is 33.4 Å². The molecule has 0 saturated heterocycles. The lowest BCUT2D eigenvalue weighted by atomic mass is 10.1. The van der Waals surface area contributed by atoms with E-state index in [1.165, 1.54) is 11.0 Å². The van der Waals surface area contributed by atoms with Crippen molar-refractivity contribution in [1.82, 2.24) is 10.2 Å². The topological polar surface area (TPSA) is 86.8 Å². The van der Waals surface area contributed by atoms with Crippen LogP contribution in [0.15, 0.2) is 53.0 Å². The molecule has 2 amide bonds. The van der Waals surface area contributed by atoms with Crippen molar-refractivity contribution in [2.75, 3.05) is 23.7 Å². The lowest BCUT2D eigenvalue weighted by Gasteiger charge is -2.31. The van der Waals surface area contributed by atoms with Gasteiger partial charge in [-0.2, -0.15) is 0 Å². The monoisotopic (exact) mass is 557 g/mol. The van der Waals surface area contributed by atoms with Crippen LogP contribution in [0.1, 0.15) is 26.3 Å². The standard InChI is InChI=1S/C23H29BrClN3O4S/c1-16(2)13-26-23(30)17(3)27(14-18-7-5-8-19(24)11-18)22(29)15-28(33(4,31)32)21-10-6-9-20(25)12-21/h5-12,16-17H,13-15H2,1-4H3,(H,26,30). The Hall–Kier alpha value is -2.10. The smallest absolute Gasteiger partial charge is 0.244 e. The molecule has 0 aliphatic rings. The number of nitrogens with zero attached hydrogens (tertiary/aromatic N) is 2. The van der Waals surface area contributed by atoms with Gasteiger partial charge in [0, 0.05) is 22.6 Å². The molecule has 0 bridgehead atoms. The first-order valence-corrected chi connectivity index (χ1v) is 13.4. The first kappa shape index (κ1) is 27.1. The van der Waals surface area contributed by atoms with Crippen molar-refractivity contribution < 1.29 is 18.0 Å². The Labute approximate surface area is 209 Å². The Balaban J connectivity index is 2.36. The Morgan fingerprint density at radius 3 is 2.33 bits per heavy atom. The first-order valence-electron chi connectivity index (χ1n) is 10.4. The van der Waals surface area contributed by atoms with Gasteiger partial charge in [-0.15, -0.1) is 0 Å². The van der Waals surface area contributed by atoms with Gasteiger partial charge < -0.3 is 10.2 Å². The summed E-state index contributed by atoms with van der Waals surface area (Å²) in [6, 6.07) is 12.9. The Morgan fingerprint density at radius 1 is 1.09 bits per heavy atom. The molecule has 2 aromatic carbocycles. The van der Waals surface area contributed by atoms with Crippen LogP contribution in [0.5, 0.6) is 0 Å². The maximum Gasteiger partial charge on any atom is 0.244 e. The number of hydrogen-bond donors (Lipinski definition) is 1. The van der Waals surface area contributed by atoms with E-state index >= 15 is 0 Å². The molecule has 2 rings (SSSR count). The number of benzene rings is 2. The average molecular weight is 559 g/mol. The average Bonchev–Trinajstić information content (AvgIpc) is 2.72. The number of sulfonamides is 1. The normalized spacial score (nSPS) is 12.3. The predicted octanol–water partition coefficient (Wildman–Crippen LogP) is 4.06. The van der Waals surface area contributed by atoms with Crippen molar-refractivity contribution >= 4 is 55.1 Å². The van der Waals surface area contributed by atoms with Crippen molar-refractivity contribution in [1.29, 1.82) is 0 Å². The van der Waals surface area contributed by atoms with Crippen LogP contribution >= 0.6 is 27.5 Å². The van der Waals surface area contributed by atoms with Gasteiger partial charge in [0.05, 0.1) is 11.9 Å². The summed E-state index contributed by atoms with van der Waals surface area (Å²) >= 11 is 9.46. The fourth-order valence-corrected chi connectivity index (χ4v) is 4.58. The highest BCUT2D eigenvalue weighted by molar-refractivity contribution is 9.10. The predicted molar refractivity (Wildman–Crippen MR) is 136 cm³/mol. The highest BCUT2D eigenvalue weighted by Gasteiger charge is 2.30. The molecule has 7 nitrogen and oxygen atoms in total. The fraction of sp³-hybridized carbons (Fsp3) is 0.391. The number of nitrogens with one attached hydrogen (secondary N) is 1. The lowest BCUT2D eigenvalue weighted by molar-refractivity contribution is -0.139. The van der Waals surface area contributed by atoms with Gasteiger partial charge in [0.1, 0.15) is 12.6 Å². The zero-order chi connectivity index (χ0) is 24.8.